The normalized spacial score (nSPS) is 12.2. The monoisotopic (exact) mass is 467 g/mol. The summed E-state index contributed by atoms with van der Waals surface area (Å²) in [4.78, 5) is 5.40. The molecule has 0 amide bonds. The average molecular weight is 467 g/mol. The van der Waals surface area contributed by atoms with E-state index in [-0.39, 0.29) is 24.0 Å². The fourth-order valence-corrected chi connectivity index (χ4v) is 2.96. The van der Waals surface area contributed by atoms with Crippen LogP contribution >= 0.6 is 35.7 Å². The third-order valence-corrected chi connectivity index (χ3v) is 4.56. The lowest BCUT2D eigenvalue weighted by atomic mass is 10.2. The highest BCUT2D eigenvalue weighted by molar-refractivity contribution is 14.0. The number of nitrogens with one attached hydrogen (secondary N) is 2. The molecule has 0 spiro atoms. The zero-order valence-electron chi connectivity index (χ0n) is 15.0. The van der Waals surface area contributed by atoms with Gasteiger partial charge in [-0.15, -0.1) is 35.7 Å². The number of nitrogens with zero attached hydrogens (tertiary/aromatic N) is 1. The summed E-state index contributed by atoms with van der Waals surface area (Å²) >= 11 is 1.82. The maximum absolute atomic E-state index is 5.38. The van der Waals surface area contributed by atoms with Gasteiger partial charge in [0.25, 0.3) is 0 Å². The second-order valence-corrected chi connectivity index (χ2v) is 6.21. The van der Waals surface area contributed by atoms with Gasteiger partial charge in [-0.2, -0.15) is 0 Å². The minimum atomic E-state index is 0. The highest BCUT2D eigenvalue weighted by Gasteiger charge is 2.07. The molecule has 1 aromatic rings. The van der Waals surface area contributed by atoms with E-state index in [0.29, 0.717) is 12.5 Å². The zero-order chi connectivity index (χ0) is 16.9. The molecule has 138 valence electrons. The van der Waals surface area contributed by atoms with Gasteiger partial charge in [-0.25, -0.2) is 0 Å². The van der Waals surface area contributed by atoms with Gasteiger partial charge in [0.05, 0.1) is 13.7 Å². The van der Waals surface area contributed by atoms with Gasteiger partial charge in [-0.05, 0) is 25.0 Å². The summed E-state index contributed by atoms with van der Waals surface area (Å²) < 4.78 is 10.7. The molecule has 0 bridgehead atoms. The average Bonchev–Trinajstić information content (AvgIpc) is 2.59. The van der Waals surface area contributed by atoms with Crippen molar-refractivity contribution >= 4 is 41.7 Å². The molecule has 24 heavy (non-hydrogen) atoms. The van der Waals surface area contributed by atoms with Crippen molar-refractivity contribution in [3.05, 3.63) is 24.3 Å². The minimum absolute atomic E-state index is 0. The SMILES string of the molecule is CCOCCNC(=NC)NCC(C)CSc1ccccc1OC.I. The summed E-state index contributed by atoms with van der Waals surface area (Å²) in [6.07, 6.45) is 0. The highest BCUT2D eigenvalue weighted by Crippen LogP contribution is 2.29. The predicted octanol–water partition coefficient (Wildman–Crippen LogP) is 3.24. The second kappa shape index (κ2) is 14.7. The lowest BCUT2D eigenvalue weighted by molar-refractivity contribution is 0.152. The van der Waals surface area contributed by atoms with Gasteiger partial charge in [-0.3, -0.25) is 4.99 Å². The van der Waals surface area contributed by atoms with Crippen LogP contribution in [0.2, 0.25) is 0 Å². The van der Waals surface area contributed by atoms with E-state index >= 15 is 0 Å². The maximum Gasteiger partial charge on any atom is 0.191 e. The van der Waals surface area contributed by atoms with E-state index < -0.39 is 0 Å². The number of hydrogen-bond donors (Lipinski definition) is 2. The van der Waals surface area contributed by atoms with Crippen LogP contribution in [0.25, 0.3) is 0 Å². The van der Waals surface area contributed by atoms with Crippen LogP contribution in [0.15, 0.2) is 34.2 Å². The number of para-hydroxylation sites is 1. The molecule has 1 aromatic carbocycles. The second-order valence-electron chi connectivity index (χ2n) is 5.14. The van der Waals surface area contributed by atoms with Gasteiger partial charge in [0.1, 0.15) is 5.75 Å². The quantitative estimate of drug-likeness (QED) is 0.182. The first-order valence-electron chi connectivity index (χ1n) is 7.99. The first kappa shape index (κ1) is 23.3. The van der Waals surface area contributed by atoms with Gasteiger partial charge in [0.2, 0.25) is 0 Å². The number of hydrogen-bond acceptors (Lipinski definition) is 4. The van der Waals surface area contributed by atoms with E-state index in [2.05, 4.69) is 28.6 Å². The van der Waals surface area contributed by atoms with E-state index in [1.54, 1.807) is 14.2 Å². The van der Waals surface area contributed by atoms with Crippen LogP contribution in [0.5, 0.6) is 5.75 Å². The standard InChI is InChI=1S/C17H29N3O2S.HI/c1-5-22-11-10-19-17(18-3)20-12-14(2)13-23-16-9-7-6-8-15(16)21-4;/h6-9,14H,5,10-13H2,1-4H3,(H2,18,19,20);1H. The molecule has 1 atom stereocenters. The number of thioether (sulfide) groups is 1. The van der Waals surface area contributed by atoms with Crippen molar-refractivity contribution in [2.24, 2.45) is 10.9 Å². The van der Waals surface area contributed by atoms with Gasteiger partial charge >= 0.3 is 0 Å². The van der Waals surface area contributed by atoms with Gasteiger partial charge in [0, 0.05) is 37.4 Å². The molecular weight excluding hydrogens is 437 g/mol. The van der Waals surface area contributed by atoms with E-state index in [1.165, 1.54) is 4.90 Å². The molecule has 0 saturated heterocycles. The number of halogens is 1. The van der Waals surface area contributed by atoms with E-state index in [9.17, 15) is 0 Å². The van der Waals surface area contributed by atoms with Crippen molar-refractivity contribution in [3.8, 4) is 5.75 Å². The van der Waals surface area contributed by atoms with E-state index in [1.807, 2.05) is 36.9 Å². The van der Waals surface area contributed by atoms with Crippen molar-refractivity contribution in [3.63, 3.8) is 0 Å². The van der Waals surface area contributed by atoms with Crippen molar-refractivity contribution in [2.45, 2.75) is 18.7 Å². The molecule has 0 aliphatic heterocycles. The molecule has 0 heterocycles. The Morgan fingerprint density at radius 3 is 2.71 bits per heavy atom. The van der Waals surface area contributed by atoms with Crippen LogP contribution < -0.4 is 15.4 Å². The van der Waals surface area contributed by atoms with E-state index in [0.717, 1.165) is 37.2 Å². The van der Waals surface area contributed by atoms with Crippen LogP contribution in [0.1, 0.15) is 13.8 Å². The summed E-state index contributed by atoms with van der Waals surface area (Å²) in [5.41, 5.74) is 0. The van der Waals surface area contributed by atoms with Crippen molar-refractivity contribution in [1.82, 2.24) is 10.6 Å². The fraction of sp³-hybridized carbons (Fsp3) is 0.588. The molecule has 1 rings (SSSR count). The number of benzene rings is 1. The maximum atomic E-state index is 5.38. The Kier molecular flexibility index (Phi) is 14.2. The number of guanidine groups is 1. The number of aliphatic imine (C=N–C) groups is 1. The van der Waals surface area contributed by atoms with Gasteiger partial charge in [0.15, 0.2) is 5.96 Å². The Morgan fingerprint density at radius 1 is 1.29 bits per heavy atom. The summed E-state index contributed by atoms with van der Waals surface area (Å²) in [5, 5.41) is 6.59. The van der Waals surface area contributed by atoms with Crippen LogP contribution in [-0.4, -0.2) is 52.2 Å². The smallest absolute Gasteiger partial charge is 0.191 e. The molecule has 7 heteroatoms. The fourth-order valence-electron chi connectivity index (χ4n) is 1.91. The Balaban J connectivity index is 0.00000529. The molecule has 0 aliphatic carbocycles. The lowest BCUT2D eigenvalue weighted by Gasteiger charge is -2.16. The summed E-state index contributed by atoms with van der Waals surface area (Å²) in [7, 11) is 3.49. The minimum Gasteiger partial charge on any atom is -0.496 e. The zero-order valence-corrected chi connectivity index (χ0v) is 18.1. The number of rotatable bonds is 10. The Labute approximate surface area is 167 Å². The largest absolute Gasteiger partial charge is 0.496 e. The Morgan fingerprint density at radius 2 is 2.04 bits per heavy atom. The summed E-state index contributed by atoms with van der Waals surface area (Å²) in [5.74, 6) is 3.28. The lowest BCUT2D eigenvalue weighted by Crippen LogP contribution is -2.41. The molecule has 0 aromatic heterocycles. The van der Waals surface area contributed by atoms with E-state index in [4.69, 9.17) is 9.47 Å². The molecule has 0 radical (unpaired) electrons. The number of ether oxygens (including phenoxy) is 2. The Hall–Kier alpha value is -0.670. The molecule has 2 N–H and O–H groups in total. The molecule has 0 aliphatic rings. The molecule has 0 fully saturated rings. The van der Waals surface area contributed by atoms with Gasteiger partial charge in [-0.1, -0.05) is 19.1 Å². The van der Waals surface area contributed by atoms with Crippen LogP contribution in [0.3, 0.4) is 0 Å². The summed E-state index contributed by atoms with van der Waals surface area (Å²) in [6.45, 7) is 7.28. The van der Waals surface area contributed by atoms with Crippen LogP contribution in [-0.2, 0) is 4.74 Å². The molecule has 0 saturated carbocycles. The Bertz CT molecular complexity index is 475. The van der Waals surface area contributed by atoms with Crippen LogP contribution in [0.4, 0.5) is 0 Å². The van der Waals surface area contributed by atoms with Crippen molar-refractivity contribution in [1.29, 1.82) is 0 Å². The highest BCUT2D eigenvalue weighted by atomic mass is 127. The van der Waals surface area contributed by atoms with Crippen molar-refractivity contribution in [2.75, 3.05) is 46.2 Å². The third-order valence-electron chi connectivity index (χ3n) is 3.18. The predicted molar refractivity (Wildman–Crippen MR) is 114 cm³/mol. The summed E-state index contributed by atoms with van der Waals surface area (Å²) in [6, 6.07) is 8.12. The van der Waals surface area contributed by atoms with Crippen molar-refractivity contribution < 1.29 is 9.47 Å². The van der Waals surface area contributed by atoms with Crippen LogP contribution in [0, 0.1) is 5.92 Å². The first-order valence-corrected chi connectivity index (χ1v) is 8.97. The topological polar surface area (TPSA) is 54.9 Å². The number of methoxy groups -OCH3 is 1. The third kappa shape index (κ3) is 9.58. The molecular formula is C17H30IN3O2S. The first-order chi connectivity index (χ1) is 11.2. The molecule has 5 nitrogen and oxygen atoms in total. The molecule has 1 unspecified atom stereocenters. The van der Waals surface area contributed by atoms with Gasteiger partial charge < -0.3 is 20.1 Å².